The molecule has 0 spiro atoms. The van der Waals surface area contributed by atoms with E-state index in [-0.39, 0.29) is 5.56 Å². The molecule has 2 N–H and O–H groups in total. The summed E-state index contributed by atoms with van der Waals surface area (Å²) in [5.74, 6) is -2.00. The van der Waals surface area contributed by atoms with Crippen molar-refractivity contribution in [2.75, 3.05) is 11.9 Å². The molecule has 2 rings (SSSR count). The summed E-state index contributed by atoms with van der Waals surface area (Å²) in [5.41, 5.74) is 1.32. The number of aromatic carboxylic acids is 1. The van der Waals surface area contributed by atoms with E-state index < -0.39 is 11.8 Å². The van der Waals surface area contributed by atoms with Crippen LogP contribution in [0.15, 0.2) is 42.7 Å². The van der Waals surface area contributed by atoms with Gasteiger partial charge in [0, 0.05) is 24.6 Å². The highest BCUT2D eigenvalue weighted by Crippen LogP contribution is 2.14. The molecule has 0 saturated carbocycles. The van der Waals surface area contributed by atoms with E-state index >= 15 is 0 Å². The third kappa shape index (κ3) is 3.51. The summed E-state index contributed by atoms with van der Waals surface area (Å²) in [6.07, 6.45) is 4.24. The molecule has 0 bridgehead atoms. The second kappa shape index (κ2) is 5.95. The van der Waals surface area contributed by atoms with Crippen LogP contribution in [0, 0.1) is 5.82 Å². The molecule has 1 aromatic heterocycles. The number of halogens is 1. The molecule has 4 nitrogen and oxygen atoms in total. The molecule has 0 aliphatic carbocycles. The summed E-state index contributed by atoms with van der Waals surface area (Å²) < 4.78 is 13.4. The zero-order valence-corrected chi connectivity index (χ0v) is 10.1. The molecule has 0 aliphatic heterocycles. The Morgan fingerprint density at radius 3 is 2.84 bits per heavy atom. The van der Waals surface area contributed by atoms with Crippen molar-refractivity contribution < 1.29 is 14.3 Å². The Bertz CT molecular complexity index is 573. The van der Waals surface area contributed by atoms with E-state index in [0.29, 0.717) is 12.2 Å². The third-order valence-electron chi connectivity index (χ3n) is 2.67. The number of nitrogens with zero attached hydrogens (tertiary/aromatic N) is 1. The molecule has 0 amide bonds. The van der Waals surface area contributed by atoms with Crippen LogP contribution in [-0.2, 0) is 6.42 Å². The lowest BCUT2D eigenvalue weighted by Crippen LogP contribution is -2.07. The molecule has 0 saturated heterocycles. The minimum Gasteiger partial charge on any atom is -0.478 e. The third-order valence-corrected chi connectivity index (χ3v) is 2.67. The second-order valence-electron chi connectivity index (χ2n) is 4.04. The Morgan fingerprint density at radius 1 is 1.37 bits per heavy atom. The Kier molecular flexibility index (Phi) is 4.07. The molecule has 0 unspecified atom stereocenters. The number of benzene rings is 1. The van der Waals surface area contributed by atoms with Gasteiger partial charge in [0.1, 0.15) is 5.82 Å². The lowest BCUT2D eigenvalue weighted by molar-refractivity contribution is 0.0692. The molecule has 1 aromatic carbocycles. The van der Waals surface area contributed by atoms with Gasteiger partial charge in [0.2, 0.25) is 0 Å². The molecule has 0 atom stereocenters. The Balaban J connectivity index is 1.93. The van der Waals surface area contributed by atoms with E-state index in [1.165, 1.54) is 12.1 Å². The van der Waals surface area contributed by atoms with Crippen LogP contribution in [-0.4, -0.2) is 22.6 Å². The Labute approximate surface area is 109 Å². The van der Waals surface area contributed by atoms with Crippen LogP contribution in [0.1, 0.15) is 15.9 Å². The molecule has 1 heterocycles. The highest BCUT2D eigenvalue weighted by Gasteiger charge is 2.09. The monoisotopic (exact) mass is 260 g/mol. The molecule has 0 aliphatic rings. The van der Waals surface area contributed by atoms with E-state index in [9.17, 15) is 9.18 Å². The molecule has 19 heavy (non-hydrogen) atoms. The topological polar surface area (TPSA) is 62.2 Å². The minimum absolute atomic E-state index is 0.321. The average molecular weight is 260 g/mol. The zero-order chi connectivity index (χ0) is 13.7. The first kappa shape index (κ1) is 13.0. The van der Waals surface area contributed by atoms with Crippen molar-refractivity contribution in [1.82, 2.24) is 4.98 Å². The summed E-state index contributed by atoms with van der Waals surface area (Å²) in [7, 11) is 0. The van der Waals surface area contributed by atoms with Crippen molar-refractivity contribution in [1.29, 1.82) is 0 Å². The number of carbonyl (C=O) groups is 1. The maximum Gasteiger partial charge on any atom is 0.338 e. The average Bonchev–Trinajstić information content (AvgIpc) is 2.39. The van der Waals surface area contributed by atoms with Gasteiger partial charge in [-0.3, -0.25) is 4.98 Å². The quantitative estimate of drug-likeness (QED) is 0.867. The number of hydrogen-bond acceptors (Lipinski definition) is 3. The van der Waals surface area contributed by atoms with Gasteiger partial charge in [-0.05, 0) is 36.2 Å². The van der Waals surface area contributed by atoms with Crippen LogP contribution < -0.4 is 5.32 Å². The number of anilines is 1. The number of carboxylic acid groups (broad SMARTS) is 1. The largest absolute Gasteiger partial charge is 0.478 e. The number of pyridine rings is 1. The summed E-state index contributed by atoms with van der Waals surface area (Å²) in [4.78, 5) is 14.7. The SMILES string of the molecule is O=C(O)c1ccc(NCCc2cccnc2)cc1F. The summed E-state index contributed by atoms with van der Waals surface area (Å²) >= 11 is 0. The highest BCUT2D eigenvalue weighted by atomic mass is 19.1. The van der Waals surface area contributed by atoms with E-state index in [1.54, 1.807) is 18.5 Å². The van der Waals surface area contributed by atoms with Crippen molar-refractivity contribution in [3.63, 3.8) is 0 Å². The molecule has 0 fully saturated rings. The van der Waals surface area contributed by atoms with Crippen LogP contribution in [0.5, 0.6) is 0 Å². The van der Waals surface area contributed by atoms with Crippen LogP contribution in [0.4, 0.5) is 10.1 Å². The van der Waals surface area contributed by atoms with E-state index in [4.69, 9.17) is 5.11 Å². The van der Waals surface area contributed by atoms with Crippen molar-refractivity contribution in [3.8, 4) is 0 Å². The van der Waals surface area contributed by atoms with Gasteiger partial charge in [0.15, 0.2) is 0 Å². The zero-order valence-electron chi connectivity index (χ0n) is 10.1. The Hall–Kier alpha value is -2.43. The van der Waals surface area contributed by atoms with Gasteiger partial charge >= 0.3 is 5.97 Å². The van der Waals surface area contributed by atoms with Crippen LogP contribution >= 0.6 is 0 Å². The highest BCUT2D eigenvalue weighted by molar-refractivity contribution is 5.88. The van der Waals surface area contributed by atoms with Crippen LogP contribution in [0.3, 0.4) is 0 Å². The molecular formula is C14H13FN2O2. The summed E-state index contributed by atoms with van der Waals surface area (Å²) in [5, 5.41) is 11.8. The van der Waals surface area contributed by atoms with Crippen molar-refractivity contribution in [2.24, 2.45) is 0 Å². The van der Waals surface area contributed by atoms with Crippen LogP contribution in [0.2, 0.25) is 0 Å². The van der Waals surface area contributed by atoms with E-state index in [1.807, 2.05) is 12.1 Å². The molecule has 98 valence electrons. The van der Waals surface area contributed by atoms with Gasteiger partial charge in [-0.2, -0.15) is 0 Å². The fourth-order valence-electron chi connectivity index (χ4n) is 1.70. The van der Waals surface area contributed by atoms with E-state index in [0.717, 1.165) is 12.0 Å². The first-order valence-electron chi connectivity index (χ1n) is 5.82. The maximum atomic E-state index is 13.4. The fourth-order valence-corrected chi connectivity index (χ4v) is 1.70. The van der Waals surface area contributed by atoms with Gasteiger partial charge in [-0.1, -0.05) is 6.07 Å². The number of rotatable bonds is 5. The minimum atomic E-state index is -1.26. The number of nitrogens with one attached hydrogen (secondary N) is 1. The van der Waals surface area contributed by atoms with Crippen molar-refractivity contribution in [3.05, 3.63) is 59.7 Å². The predicted molar refractivity (Wildman–Crippen MR) is 69.8 cm³/mol. The number of carboxylic acids is 1. The second-order valence-corrected chi connectivity index (χ2v) is 4.04. The number of hydrogen-bond donors (Lipinski definition) is 2. The standard InChI is InChI=1S/C14H13FN2O2/c15-13-8-11(3-4-12(13)14(18)19)17-7-5-10-2-1-6-16-9-10/h1-4,6,8-9,17H,5,7H2,(H,18,19). The smallest absolute Gasteiger partial charge is 0.338 e. The predicted octanol–water partition coefficient (Wildman–Crippen LogP) is 2.57. The molecule has 5 heteroatoms. The molecular weight excluding hydrogens is 247 g/mol. The molecule has 0 radical (unpaired) electrons. The summed E-state index contributed by atoms with van der Waals surface area (Å²) in [6.45, 7) is 0.623. The maximum absolute atomic E-state index is 13.4. The first-order valence-corrected chi connectivity index (χ1v) is 5.82. The molecule has 2 aromatic rings. The van der Waals surface area contributed by atoms with Crippen molar-refractivity contribution >= 4 is 11.7 Å². The lowest BCUT2D eigenvalue weighted by atomic mass is 10.2. The van der Waals surface area contributed by atoms with Gasteiger partial charge in [-0.25, -0.2) is 9.18 Å². The fraction of sp³-hybridized carbons (Fsp3) is 0.143. The van der Waals surface area contributed by atoms with Gasteiger partial charge < -0.3 is 10.4 Å². The van der Waals surface area contributed by atoms with E-state index in [2.05, 4.69) is 10.3 Å². The lowest BCUT2D eigenvalue weighted by Gasteiger charge is -2.07. The van der Waals surface area contributed by atoms with Gasteiger partial charge in [0.25, 0.3) is 0 Å². The number of aromatic nitrogens is 1. The van der Waals surface area contributed by atoms with Crippen molar-refractivity contribution in [2.45, 2.75) is 6.42 Å². The van der Waals surface area contributed by atoms with Gasteiger partial charge in [0.05, 0.1) is 5.56 Å². The summed E-state index contributed by atoms with van der Waals surface area (Å²) in [6, 6.07) is 7.81. The van der Waals surface area contributed by atoms with Gasteiger partial charge in [-0.15, -0.1) is 0 Å². The van der Waals surface area contributed by atoms with Crippen LogP contribution in [0.25, 0.3) is 0 Å². The Morgan fingerprint density at radius 2 is 2.21 bits per heavy atom. The first-order chi connectivity index (χ1) is 9.16. The normalized spacial score (nSPS) is 10.2.